The second-order valence-corrected chi connectivity index (χ2v) is 8.49. The van der Waals surface area contributed by atoms with Crippen LogP contribution in [0.15, 0.2) is 71.9 Å². The number of carboxylic acids is 1. The molecule has 2 heteroatoms. The maximum absolute atomic E-state index is 12.4. The van der Waals surface area contributed by atoms with Crippen LogP contribution in [0, 0.1) is 5.41 Å². The second-order valence-electron chi connectivity index (χ2n) is 8.49. The Morgan fingerprint density at radius 3 is 1.93 bits per heavy atom. The molecule has 30 heavy (non-hydrogen) atoms. The standard InChI is InChI=1S/C28H40O2/c1-2-3-4-5-6-7-8-9-10-11-12-13-14-19-24-28(27(29)30,25-20-15-16-21-25)26-22-17-18-23-26/h6-7,9-10,15-18,20,22H,2-5,8,11-14,19,21,23-24H2,1H3,(H,29,30)/b7-6-,10-9-. The SMILES string of the molecule is CCCCC/C=C\C/C=C\CCCCCCC(C(=O)O)(C1=CC=CC1)C1=CC=CC1. The Bertz CT molecular complexity index is 670. The topological polar surface area (TPSA) is 37.3 Å². The number of unbranched alkanes of at least 4 members (excludes halogenated alkanes) is 7. The molecular formula is C28H40O2. The monoisotopic (exact) mass is 408 g/mol. The lowest BCUT2D eigenvalue weighted by Crippen LogP contribution is -2.34. The Morgan fingerprint density at radius 1 is 0.867 bits per heavy atom. The molecule has 0 radical (unpaired) electrons. The average Bonchev–Trinajstić information content (AvgIpc) is 3.46. The molecule has 0 bridgehead atoms. The van der Waals surface area contributed by atoms with E-state index < -0.39 is 11.4 Å². The lowest BCUT2D eigenvalue weighted by molar-refractivity contribution is -0.145. The maximum atomic E-state index is 12.4. The van der Waals surface area contributed by atoms with E-state index in [2.05, 4.69) is 43.4 Å². The van der Waals surface area contributed by atoms with Crippen molar-refractivity contribution in [2.75, 3.05) is 0 Å². The molecule has 0 unspecified atom stereocenters. The summed E-state index contributed by atoms with van der Waals surface area (Å²) in [6, 6.07) is 0. The average molecular weight is 409 g/mol. The normalized spacial score (nSPS) is 16.2. The van der Waals surface area contributed by atoms with Crippen LogP contribution >= 0.6 is 0 Å². The fourth-order valence-corrected chi connectivity index (χ4v) is 4.46. The van der Waals surface area contributed by atoms with Gasteiger partial charge in [0, 0.05) is 0 Å². The van der Waals surface area contributed by atoms with E-state index in [1.54, 1.807) is 0 Å². The second kappa shape index (κ2) is 14.0. The number of aliphatic carboxylic acids is 1. The van der Waals surface area contributed by atoms with E-state index in [1.165, 1.54) is 38.5 Å². The van der Waals surface area contributed by atoms with E-state index in [1.807, 2.05) is 24.3 Å². The van der Waals surface area contributed by atoms with Crippen molar-refractivity contribution in [2.24, 2.45) is 5.41 Å². The highest BCUT2D eigenvalue weighted by Crippen LogP contribution is 2.47. The van der Waals surface area contributed by atoms with E-state index in [0.29, 0.717) is 6.42 Å². The van der Waals surface area contributed by atoms with E-state index in [4.69, 9.17) is 0 Å². The fraction of sp³-hybridized carbons (Fsp3) is 0.536. The molecule has 0 aromatic carbocycles. The fourth-order valence-electron chi connectivity index (χ4n) is 4.46. The van der Waals surface area contributed by atoms with Crippen molar-refractivity contribution in [3.05, 3.63) is 71.9 Å². The largest absolute Gasteiger partial charge is 0.480 e. The quantitative estimate of drug-likeness (QED) is 0.206. The number of allylic oxidation sites excluding steroid dienone is 10. The Kier molecular flexibility index (Phi) is 11.3. The summed E-state index contributed by atoms with van der Waals surface area (Å²) in [6.45, 7) is 2.24. The summed E-state index contributed by atoms with van der Waals surface area (Å²) < 4.78 is 0. The number of rotatable bonds is 16. The van der Waals surface area contributed by atoms with E-state index >= 15 is 0 Å². The molecule has 2 aliphatic carbocycles. The van der Waals surface area contributed by atoms with Crippen LogP contribution in [0.1, 0.15) is 90.4 Å². The molecule has 1 N–H and O–H groups in total. The molecule has 2 nitrogen and oxygen atoms in total. The predicted octanol–water partition coefficient (Wildman–Crippen LogP) is 8.25. The van der Waals surface area contributed by atoms with Crippen LogP contribution in [-0.4, -0.2) is 11.1 Å². The van der Waals surface area contributed by atoms with Crippen LogP contribution in [0.5, 0.6) is 0 Å². The maximum Gasteiger partial charge on any atom is 0.318 e. The van der Waals surface area contributed by atoms with Crippen molar-refractivity contribution in [3.63, 3.8) is 0 Å². The van der Waals surface area contributed by atoms with Gasteiger partial charge in [0.1, 0.15) is 5.41 Å². The van der Waals surface area contributed by atoms with Crippen molar-refractivity contribution in [2.45, 2.75) is 90.4 Å². The van der Waals surface area contributed by atoms with Crippen LogP contribution in [0.25, 0.3) is 0 Å². The van der Waals surface area contributed by atoms with Gasteiger partial charge in [-0.2, -0.15) is 0 Å². The minimum atomic E-state index is -0.809. The van der Waals surface area contributed by atoms with Crippen molar-refractivity contribution in [3.8, 4) is 0 Å². The molecule has 0 saturated carbocycles. The van der Waals surface area contributed by atoms with Crippen molar-refractivity contribution >= 4 is 5.97 Å². The molecule has 0 fully saturated rings. The van der Waals surface area contributed by atoms with Gasteiger partial charge >= 0.3 is 5.97 Å². The van der Waals surface area contributed by atoms with Crippen molar-refractivity contribution in [1.29, 1.82) is 0 Å². The zero-order valence-electron chi connectivity index (χ0n) is 18.8. The minimum Gasteiger partial charge on any atom is -0.480 e. The zero-order chi connectivity index (χ0) is 21.5. The number of carbonyl (C=O) groups is 1. The molecule has 2 rings (SSSR count). The third-order valence-electron chi connectivity index (χ3n) is 6.26. The van der Waals surface area contributed by atoms with Crippen LogP contribution < -0.4 is 0 Å². The van der Waals surface area contributed by atoms with Gasteiger partial charge in [-0.15, -0.1) is 0 Å². The van der Waals surface area contributed by atoms with Gasteiger partial charge in [0.25, 0.3) is 0 Å². The first-order chi connectivity index (χ1) is 14.7. The number of hydrogen-bond donors (Lipinski definition) is 1. The van der Waals surface area contributed by atoms with E-state index in [0.717, 1.165) is 49.7 Å². The van der Waals surface area contributed by atoms with Gasteiger partial charge in [-0.05, 0) is 62.5 Å². The minimum absolute atomic E-state index is 0.682. The van der Waals surface area contributed by atoms with Crippen molar-refractivity contribution in [1.82, 2.24) is 0 Å². The summed E-state index contributed by atoms with van der Waals surface area (Å²) in [5, 5.41) is 10.2. The highest BCUT2D eigenvalue weighted by atomic mass is 16.4. The van der Waals surface area contributed by atoms with E-state index in [-0.39, 0.29) is 0 Å². The Balaban J connectivity index is 1.67. The van der Waals surface area contributed by atoms with Gasteiger partial charge < -0.3 is 5.11 Å². The summed E-state index contributed by atoms with van der Waals surface area (Å²) in [4.78, 5) is 12.4. The molecular weight excluding hydrogens is 368 g/mol. The van der Waals surface area contributed by atoms with E-state index in [9.17, 15) is 9.90 Å². The van der Waals surface area contributed by atoms with Crippen LogP contribution in [0.2, 0.25) is 0 Å². The summed E-state index contributed by atoms with van der Waals surface area (Å²) in [7, 11) is 0. The molecule has 0 heterocycles. The number of carboxylic acid groups (broad SMARTS) is 1. The molecule has 0 spiro atoms. The first kappa shape index (κ1) is 24.2. The molecule has 0 aromatic heterocycles. The first-order valence-electron chi connectivity index (χ1n) is 12.0. The van der Waals surface area contributed by atoms with Crippen LogP contribution in [0.4, 0.5) is 0 Å². The molecule has 2 aliphatic rings. The summed E-state index contributed by atoms with van der Waals surface area (Å²) in [6.07, 6.45) is 35.3. The van der Waals surface area contributed by atoms with Gasteiger partial charge in [0.2, 0.25) is 0 Å². The first-order valence-corrected chi connectivity index (χ1v) is 12.0. The van der Waals surface area contributed by atoms with Gasteiger partial charge in [0.15, 0.2) is 0 Å². The van der Waals surface area contributed by atoms with Crippen LogP contribution in [-0.2, 0) is 4.79 Å². The van der Waals surface area contributed by atoms with Crippen molar-refractivity contribution < 1.29 is 9.90 Å². The third kappa shape index (κ3) is 7.31. The Morgan fingerprint density at radius 2 is 1.43 bits per heavy atom. The molecule has 0 saturated heterocycles. The summed E-state index contributed by atoms with van der Waals surface area (Å²) >= 11 is 0. The highest BCUT2D eigenvalue weighted by Gasteiger charge is 2.44. The smallest absolute Gasteiger partial charge is 0.318 e. The lowest BCUT2D eigenvalue weighted by Gasteiger charge is -2.33. The van der Waals surface area contributed by atoms with Gasteiger partial charge in [-0.1, -0.05) is 99.8 Å². The zero-order valence-corrected chi connectivity index (χ0v) is 18.8. The van der Waals surface area contributed by atoms with Gasteiger partial charge in [-0.25, -0.2) is 0 Å². The highest BCUT2D eigenvalue weighted by molar-refractivity contribution is 5.84. The molecule has 164 valence electrons. The Hall–Kier alpha value is -2.09. The number of hydrogen-bond acceptors (Lipinski definition) is 1. The van der Waals surface area contributed by atoms with Gasteiger partial charge in [0.05, 0.1) is 0 Å². The molecule has 0 aliphatic heterocycles. The molecule has 0 atom stereocenters. The molecule has 0 amide bonds. The molecule has 0 aromatic rings. The lowest BCUT2D eigenvalue weighted by atomic mass is 9.69. The van der Waals surface area contributed by atoms with Crippen LogP contribution in [0.3, 0.4) is 0 Å². The summed E-state index contributed by atoms with van der Waals surface area (Å²) in [5.74, 6) is -0.682. The summed E-state index contributed by atoms with van der Waals surface area (Å²) in [5.41, 5.74) is 1.29. The third-order valence-corrected chi connectivity index (χ3v) is 6.26. The van der Waals surface area contributed by atoms with Gasteiger partial charge in [-0.3, -0.25) is 4.79 Å². The predicted molar refractivity (Wildman–Crippen MR) is 128 cm³/mol. The Labute approximate surface area is 183 Å².